The van der Waals surface area contributed by atoms with Gasteiger partial charge in [-0.2, -0.15) is 4.31 Å². The van der Waals surface area contributed by atoms with Crippen LogP contribution in [0.2, 0.25) is 0 Å². The van der Waals surface area contributed by atoms with Crippen LogP contribution in [-0.2, 0) is 29.1 Å². The maximum atomic E-state index is 12.6. The summed E-state index contributed by atoms with van der Waals surface area (Å²) in [4.78, 5) is 35.3. The predicted octanol–water partition coefficient (Wildman–Crippen LogP) is 2.11. The molecule has 1 saturated heterocycles. The fourth-order valence-electron chi connectivity index (χ4n) is 3.06. The topological polar surface area (TPSA) is 119 Å². The van der Waals surface area contributed by atoms with E-state index >= 15 is 0 Å². The van der Waals surface area contributed by atoms with Crippen molar-refractivity contribution in [3.63, 3.8) is 0 Å². The number of esters is 1. The molecule has 0 aliphatic carbocycles. The minimum absolute atomic E-state index is 0.166. The molecule has 10 heteroatoms. The molecule has 0 atom stereocenters. The molecule has 9 nitrogen and oxygen atoms in total. The molecular formula is C23H24N2O7S. The Balaban J connectivity index is 1.52. The molecule has 2 aromatic rings. The Hall–Kier alpha value is -3.34. The van der Waals surface area contributed by atoms with Gasteiger partial charge < -0.3 is 14.8 Å². The molecule has 2 aromatic carbocycles. The van der Waals surface area contributed by atoms with Crippen LogP contribution in [0, 0.1) is 0 Å². The van der Waals surface area contributed by atoms with Gasteiger partial charge in [0.2, 0.25) is 15.9 Å². The number of rotatable bonds is 8. The van der Waals surface area contributed by atoms with E-state index < -0.39 is 22.6 Å². The van der Waals surface area contributed by atoms with Crippen molar-refractivity contribution in [3.05, 3.63) is 65.7 Å². The van der Waals surface area contributed by atoms with Gasteiger partial charge in [0.25, 0.3) is 0 Å². The number of morpholine rings is 1. The second-order valence-corrected chi connectivity index (χ2v) is 9.15. The minimum atomic E-state index is -3.58. The van der Waals surface area contributed by atoms with Gasteiger partial charge in [-0.15, -0.1) is 0 Å². The first-order chi connectivity index (χ1) is 15.8. The Morgan fingerprint density at radius 2 is 1.67 bits per heavy atom. The van der Waals surface area contributed by atoms with Crippen LogP contribution in [0.1, 0.15) is 22.8 Å². The quantitative estimate of drug-likeness (QED) is 0.355. The second kappa shape index (κ2) is 11.0. The Kier molecular flexibility index (Phi) is 8.10. The first-order valence-corrected chi connectivity index (χ1v) is 11.6. The zero-order valence-corrected chi connectivity index (χ0v) is 18.8. The molecule has 0 saturated carbocycles. The van der Waals surface area contributed by atoms with Gasteiger partial charge in [0.1, 0.15) is 0 Å². The average molecular weight is 473 g/mol. The standard InChI is InChI=1S/C23H24N2O7S/c1-17(26)24-20-7-5-19(6-8-20)22(27)16-32-23(28)11-4-18-2-9-21(10-3-18)33(29,30)25-12-14-31-15-13-25/h2-11H,12-16H2,1H3,(H,24,26)/b11-4+. The summed E-state index contributed by atoms with van der Waals surface area (Å²) in [6.45, 7) is 2.31. The molecule has 33 heavy (non-hydrogen) atoms. The van der Waals surface area contributed by atoms with Gasteiger partial charge in [0, 0.05) is 37.3 Å². The van der Waals surface area contributed by atoms with Crippen molar-refractivity contribution in [2.24, 2.45) is 0 Å². The lowest BCUT2D eigenvalue weighted by atomic mass is 10.1. The van der Waals surface area contributed by atoms with Gasteiger partial charge in [-0.05, 0) is 48.0 Å². The van der Waals surface area contributed by atoms with E-state index in [1.54, 1.807) is 24.3 Å². The Bertz CT molecular complexity index is 1130. The Labute approximate surface area is 192 Å². The highest BCUT2D eigenvalue weighted by molar-refractivity contribution is 7.89. The zero-order chi connectivity index (χ0) is 23.8. The molecule has 1 aliphatic rings. The summed E-state index contributed by atoms with van der Waals surface area (Å²) in [5.74, 6) is -1.31. The van der Waals surface area contributed by atoms with Crippen LogP contribution in [-0.4, -0.2) is 63.3 Å². The van der Waals surface area contributed by atoms with Crippen LogP contribution < -0.4 is 5.32 Å². The number of carbonyl (C=O) groups excluding carboxylic acids is 3. The van der Waals surface area contributed by atoms with Gasteiger partial charge in [-0.1, -0.05) is 12.1 Å². The number of Topliss-reactive ketones (excluding diaryl/α,β-unsaturated/α-hetero) is 1. The number of amides is 1. The summed E-state index contributed by atoms with van der Waals surface area (Å²) in [6.07, 6.45) is 2.64. The first kappa shape index (κ1) is 24.3. The lowest BCUT2D eigenvalue weighted by Gasteiger charge is -2.26. The van der Waals surface area contributed by atoms with Crippen molar-refractivity contribution in [1.29, 1.82) is 0 Å². The normalized spacial score (nSPS) is 14.7. The number of carbonyl (C=O) groups is 3. The Morgan fingerprint density at radius 3 is 2.27 bits per heavy atom. The predicted molar refractivity (Wildman–Crippen MR) is 121 cm³/mol. The van der Waals surface area contributed by atoms with E-state index in [1.165, 1.54) is 47.6 Å². The molecule has 0 aromatic heterocycles. The number of hydrogen-bond donors (Lipinski definition) is 1. The molecule has 1 amide bonds. The summed E-state index contributed by atoms with van der Waals surface area (Å²) < 4.78 is 36.8. The van der Waals surface area contributed by atoms with Gasteiger partial charge in [0.05, 0.1) is 18.1 Å². The highest BCUT2D eigenvalue weighted by Crippen LogP contribution is 2.18. The molecule has 0 unspecified atom stereocenters. The molecule has 1 heterocycles. The molecule has 3 rings (SSSR count). The monoisotopic (exact) mass is 472 g/mol. The van der Waals surface area contributed by atoms with Crippen molar-refractivity contribution in [1.82, 2.24) is 4.31 Å². The number of ketones is 1. The third-order valence-corrected chi connectivity index (χ3v) is 6.69. The van der Waals surface area contributed by atoms with Crippen LogP contribution in [0.5, 0.6) is 0 Å². The number of ether oxygens (including phenoxy) is 2. The first-order valence-electron chi connectivity index (χ1n) is 10.2. The lowest BCUT2D eigenvalue weighted by molar-refractivity contribution is -0.136. The number of sulfonamides is 1. The summed E-state index contributed by atoms with van der Waals surface area (Å²) >= 11 is 0. The molecule has 1 fully saturated rings. The van der Waals surface area contributed by atoms with E-state index in [0.717, 1.165) is 0 Å². The van der Waals surface area contributed by atoms with Gasteiger partial charge in [-0.25, -0.2) is 13.2 Å². The van der Waals surface area contributed by atoms with Crippen molar-refractivity contribution in [2.45, 2.75) is 11.8 Å². The van der Waals surface area contributed by atoms with E-state index in [9.17, 15) is 22.8 Å². The van der Waals surface area contributed by atoms with Crippen LogP contribution >= 0.6 is 0 Å². The van der Waals surface area contributed by atoms with Gasteiger partial charge in [0.15, 0.2) is 12.4 Å². The molecular weight excluding hydrogens is 448 g/mol. The fraction of sp³-hybridized carbons (Fsp3) is 0.261. The van der Waals surface area contributed by atoms with E-state index in [2.05, 4.69) is 5.32 Å². The van der Waals surface area contributed by atoms with E-state index in [1.807, 2.05) is 0 Å². The summed E-state index contributed by atoms with van der Waals surface area (Å²) in [6, 6.07) is 12.3. The molecule has 0 spiro atoms. The van der Waals surface area contributed by atoms with Crippen LogP contribution in [0.3, 0.4) is 0 Å². The highest BCUT2D eigenvalue weighted by atomic mass is 32.2. The third-order valence-electron chi connectivity index (χ3n) is 4.77. The minimum Gasteiger partial charge on any atom is -0.454 e. The maximum absolute atomic E-state index is 12.6. The van der Waals surface area contributed by atoms with Crippen molar-refractivity contribution in [2.75, 3.05) is 38.2 Å². The summed E-state index contributed by atoms with van der Waals surface area (Å²) in [5, 5.41) is 2.60. The number of benzene rings is 2. The largest absolute Gasteiger partial charge is 0.454 e. The molecule has 1 N–H and O–H groups in total. The van der Waals surface area contributed by atoms with Crippen molar-refractivity contribution in [3.8, 4) is 0 Å². The summed E-state index contributed by atoms with van der Waals surface area (Å²) in [7, 11) is -3.58. The van der Waals surface area contributed by atoms with Crippen LogP contribution in [0.4, 0.5) is 5.69 Å². The number of nitrogens with zero attached hydrogens (tertiary/aromatic N) is 1. The number of anilines is 1. The smallest absolute Gasteiger partial charge is 0.331 e. The van der Waals surface area contributed by atoms with Crippen LogP contribution in [0.15, 0.2) is 59.5 Å². The molecule has 1 aliphatic heterocycles. The summed E-state index contributed by atoms with van der Waals surface area (Å²) in [5.41, 5.74) is 1.51. The van der Waals surface area contributed by atoms with Crippen LogP contribution in [0.25, 0.3) is 6.08 Å². The number of hydrogen-bond acceptors (Lipinski definition) is 7. The van der Waals surface area contributed by atoms with E-state index in [4.69, 9.17) is 9.47 Å². The lowest BCUT2D eigenvalue weighted by Crippen LogP contribution is -2.40. The average Bonchev–Trinajstić information content (AvgIpc) is 2.82. The molecule has 174 valence electrons. The number of nitrogens with one attached hydrogen (secondary N) is 1. The molecule has 0 bridgehead atoms. The van der Waals surface area contributed by atoms with E-state index in [-0.39, 0.29) is 16.6 Å². The third kappa shape index (κ3) is 6.82. The SMILES string of the molecule is CC(=O)Nc1ccc(C(=O)COC(=O)/C=C/c2ccc(S(=O)(=O)N3CCOCC3)cc2)cc1. The highest BCUT2D eigenvalue weighted by Gasteiger charge is 2.25. The Morgan fingerprint density at radius 1 is 1.03 bits per heavy atom. The van der Waals surface area contributed by atoms with Gasteiger partial charge >= 0.3 is 5.97 Å². The van der Waals surface area contributed by atoms with Crippen molar-refractivity contribution < 1.29 is 32.3 Å². The zero-order valence-electron chi connectivity index (χ0n) is 18.0. The maximum Gasteiger partial charge on any atom is 0.331 e. The van der Waals surface area contributed by atoms with Gasteiger partial charge in [-0.3, -0.25) is 9.59 Å². The van der Waals surface area contributed by atoms with E-state index in [0.29, 0.717) is 43.1 Å². The molecule has 0 radical (unpaired) electrons. The second-order valence-electron chi connectivity index (χ2n) is 7.21. The fourth-order valence-corrected chi connectivity index (χ4v) is 4.47. The van der Waals surface area contributed by atoms with Crippen molar-refractivity contribution >= 4 is 39.4 Å².